The van der Waals surface area contributed by atoms with E-state index >= 15 is 0 Å². The Morgan fingerprint density at radius 2 is 1.64 bits per heavy atom. The van der Waals surface area contributed by atoms with E-state index in [1.54, 1.807) is 14.0 Å². The first-order chi connectivity index (χ1) is 5.15. The van der Waals surface area contributed by atoms with E-state index in [1.165, 1.54) is 0 Å². The van der Waals surface area contributed by atoms with E-state index < -0.39 is 0 Å². The predicted octanol–water partition coefficient (Wildman–Crippen LogP) is -0.00888. The SMILES string of the molecule is CNc1nc(N)c(C)c(N)n1. The van der Waals surface area contributed by atoms with Crippen LogP contribution in [0, 0.1) is 6.92 Å². The molecule has 0 aliphatic heterocycles. The lowest BCUT2D eigenvalue weighted by Crippen LogP contribution is -2.06. The minimum atomic E-state index is 0.418. The van der Waals surface area contributed by atoms with Crippen LogP contribution in [-0.2, 0) is 0 Å². The molecule has 5 N–H and O–H groups in total. The lowest BCUT2D eigenvalue weighted by atomic mass is 10.3. The number of nitrogens with one attached hydrogen (secondary N) is 1. The van der Waals surface area contributed by atoms with Gasteiger partial charge in [-0.15, -0.1) is 0 Å². The summed E-state index contributed by atoms with van der Waals surface area (Å²) < 4.78 is 0. The van der Waals surface area contributed by atoms with E-state index in [1.807, 2.05) is 0 Å². The smallest absolute Gasteiger partial charge is 0.226 e. The molecule has 5 heteroatoms. The third-order valence-corrected chi connectivity index (χ3v) is 1.44. The molecule has 0 aliphatic rings. The quantitative estimate of drug-likeness (QED) is 0.528. The maximum Gasteiger partial charge on any atom is 0.226 e. The Labute approximate surface area is 64.8 Å². The molecule has 60 valence electrons. The number of nitrogens with two attached hydrogens (primary N) is 2. The van der Waals surface area contributed by atoms with Gasteiger partial charge in [-0.1, -0.05) is 0 Å². The van der Waals surface area contributed by atoms with Gasteiger partial charge in [-0.25, -0.2) is 0 Å². The van der Waals surface area contributed by atoms with Crippen LogP contribution >= 0.6 is 0 Å². The lowest BCUT2D eigenvalue weighted by molar-refractivity contribution is 1.14. The molecule has 1 heterocycles. The number of aromatic nitrogens is 2. The van der Waals surface area contributed by atoms with E-state index in [0.717, 1.165) is 5.56 Å². The van der Waals surface area contributed by atoms with E-state index in [9.17, 15) is 0 Å². The summed E-state index contributed by atoms with van der Waals surface area (Å²) in [6.45, 7) is 1.78. The zero-order valence-corrected chi connectivity index (χ0v) is 6.55. The summed E-state index contributed by atoms with van der Waals surface area (Å²) in [5, 5.41) is 2.75. The number of anilines is 3. The van der Waals surface area contributed by atoms with Crippen molar-refractivity contribution in [1.29, 1.82) is 0 Å². The van der Waals surface area contributed by atoms with Gasteiger partial charge < -0.3 is 16.8 Å². The highest BCUT2D eigenvalue weighted by molar-refractivity contribution is 5.55. The lowest BCUT2D eigenvalue weighted by Gasteiger charge is -2.04. The second-order valence-electron chi connectivity index (χ2n) is 2.19. The van der Waals surface area contributed by atoms with Crippen molar-refractivity contribution in [1.82, 2.24) is 9.97 Å². The van der Waals surface area contributed by atoms with Crippen LogP contribution in [-0.4, -0.2) is 17.0 Å². The molecule has 0 bridgehead atoms. The van der Waals surface area contributed by atoms with Crippen LogP contribution in [0.3, 0.4) is 0 Å². The van der Waals surface area contributed by atoms with Gasteiger partial charge in [-0.2, -0.15) is 9.97 Å². The standard InChI is InChI=1S/C6H11N5/c1-3-4(7)10-6(9-2)11-5(3)8/h1-2H3,(H5,7,8,9,10,11). The van der Waals surface area contributed by atoms with E-state index in [2.05, 4.69) is 15.3 Å². The molecule has 0 saturated heterocycles. The van der Waals surface area contributed by atoms with Crippen molar-refractivity contribution < 1.29 is 0 Å². The molecule has 1 aromatic rings. The van der Waals surface area contributed by atoms with Crippen LogP contribution in [0.2, 0.25) is 0 Å². The molecular weight excluding hydrogens is 142 g/mol. The number of nitrogen functional groups attached to an aromatic ring is 2. The van der Waals surface area contributed by atoms with Gasteiger partial charge in [0.2, 0.25) is 5.95 Å². The number of nitrogens with zero attached hydrogens (tertiary/aromatic N) is 2. The highest BCUT2D eigenvalue weighted by atomic mass is 15.1. The van der Waals surface area contributed by atoms with Gasteiger partial charge in [0.15, 0.2) is 0 Å². The Kier molecular flexibility index (Phi) is 1.80. The van der Waals surface area contributed by atoms with Crippen LogP contribution in [0.15, 0.2) is 0 Å². The van der Waals surface area contributed by atoms with Crippen molar-refractivity contribution in [2.45, 2.75) is 6.92 Å². The molecule has 0 radical (unpaired) electrons. The van der Waals surface area contributed by atoms with Gasteiger partial charge in [0.1, 0.15) is 11.6 Å². The third-order valence-electron chi connectivity index (χ3n) is 1.44. The molecule has 11 heavy (non-hydrogen) atoms. The summed E-state index contributed by atoms with van der Waals surface area (Å²) in [6.07, 6.45) is 0. The summed E-state index contributed by atoms with van der Waals surface area (Å²) in [6, 6.07) is 0. The molecule has 5 nitrogen and oxygen atoms in total. The summed E-state index contributed by atoms with van der Waals surface area (Å²) >= 11 is 0. The van der Waals surface area contributed by atoms with Crippen LogP contribution in [0.25, 0.3) is 0 Å². The normalized spacial score (nSPS) is 9.64. The number of rotatable bonds is 1. The van der Waals surface area contributed by atoms with Gasteiger partial charge >= 0.3 is 0 Å². The summed E-state index contributed by atoms with van der Waals surface area (Å²) in [5.74, 6) is 1.29. The van der Waals surface area contributed by atoms with E-state index in [-0.39, 0.29) is 0 Å². The predicted molar refractivity (Wildman–Crippen MR) is 45.1 cm³/mol. The van der Waals surface area contributed by atoms with Crippen molar-refractivity contribution in [3.63, 3.8) is 0 Å². The zero-order chi connectivity index (χ0) is 8.43. The van der Waals surface area contributed by atoms with Gasteiger partial charge in [0.25, 0.3) is 0 Å². The monoisotopic (exact) mass is 153 g/mol. The topological polar surface area (TPSA) is 89.8 Å². The van der Waals surface area contributed by atoms with Crippen molar-refractivity contribution in [2.24, 2.45) is 0 Å². The zero-order valence-electron chi connectivity index (χ0n) is 6.55. The van der Waals surface area contributed by atoms with Crippen molar-refractivity contribution in [2.75, 3.05) is 23.8 Å². The van der Waals surface area contributed by atoms with Crippen LogP contribution in [0.4, 0.5) is 17.6 Å². The van der Waals surface area contributed by atoms with Crippen molar-refractivity contribution in [3.8, 4) is 0 Å². The van der Waals surface area contributed by atoms with Crippen LogP contribution in [0.5, 0.6) is 0 Å². The highest BCUT2D eigenvalue weighted by Gasteiger charge is 2.02. The average Bonchev–Trinajstić information content (AvgIpc) is 1.99. The van der Waals surface area contributed by atoms with Gasteiger partial charge in [0.05, 0.1) is 0 Å². The minimum absolute atomic E-state index is 0.418. The first-order valence-electron chi connectivity index (χ1n) is 3.22. The molecule has 0 amide bonds. The van der Waals surface area contributed by atoms with Gasteiger partial charge in [-0.3, -0.25) is 0 Å². The Balaban J connectivity index is 3.21. The molecular formula is C6H11N5. The molecule has 0 aromatic carbocycles. The maximum atomic E-state index is 5.53. The van der Waals surface area contributed by atoms with Gasteiger partial charge in [0, 0.05) is 12.6 Å². The minimum Gasteiger partial charge on any atom is -0.383 e. The summed E-state index contributed by atoms with van der Waals surface area (Å²) in [7, 11) is 1.71. The second-order valence-corrected chi connectivity index (χ2v) is 2.19. The molecule has 1 rings (SSSR count). The first-order valence-corrected chi connectivity index (χ1v) is 3.22. The van der Waals surface area contributed by atoms with Crippen molar-refractivity contribution >= 4 is 17.6 Å². The fourth-order valence-corrected chi connectivity index (χ4v) is 0.664. The summed E-state index contributed by atoms with van der Waals surface area (Å²) in [4.78, 5) is 7.86. The Morgan fingerprint density at radius 1 is 1.18 bits per heavy atom. The fraction of sp³-hybridized carbons (Fsp3) is 0.333. The van der Waals surface area contributed by atoms with E-state index in [0.29, 0.717) is 17.6 Å². The molecule has 0 saturated carbocycles. The second kappa shape index (κ2) is 2.61. The van der Waals surface area contributed by atoms with Crippen molar-refractivity contribution in [3.05, 3.63) is 5.56 Å². The molecule has 0 aliphatic carbocycles. The molecule has 0 spiro atoms. The third kappa shape index (κ3) is 1.31. The number of hydrogen-bond acceptors (Lipinski definition) is 5. The molecule has 0 unspecified atom stereocenters. The van der Waals surface area contributed by atoms with Gasteiger partial charge in [-0.05, 0) is 6.92 Å². The Morgan fingerprint density at radius 3 is 2.00 bits per heavy atom. The first kappa shape index (κ1) is 7.59. The largest absolute Gasteiger partial charge is 0.383 e. The highest BCUT2D eigenvalue weighted by Crippen LogP contribution is 2.15. The number of hydrogen-bond donors (Lipinski definition) is 3. The molecule has 0 fully saturated rings. The molecule has 1 aromatic heterocycles. The Bertz CT molecular complexity index is 247. The average molecular weight is 153 g/mol. The van der Waals surface area contributed by atoms with Crippen LogP contribution in [0.1, 0.15) is 5.56 Å². The maximum absolute atomic E-state index is 5.53. The summed E-state index contributed by atoms with van der Waals surface area (Å²) in [5.41, 5.74) is 11.8. The fourth-order valence-electron chi connectivity index (χ4n) is 0.664. The van der Waals surface area contributed by atoms with E-state index in [4.69, 9.17) is 11.5 Å². The Hall–Kier alpha value is -1.52. The molecule has 0 atom stereocenters. The van der Waals surface area contributed by atoms with Crippen LogP contribution < -0.4 is 16.8 Å².